The third-order valence-corrected chi connectivity index (χ3v) is 10.9. The Morgan fingerprint density at radius 3 is 2.60 bits per heavy atom. The SMILES string of the molecule is C[C@H]1C=C2C=C[C@H](C)C(CC[C@@H]3C[C@@H](O)CC(=O)O3)[C@H]2[C@@H](OC(=O)NCCCOCCCNc2cccc3c2C(=O)N(C2CCC(=O)NC2=O)C3=O)C1. The standard InChI is InChI=1S/C39H50N4O10/c1-22-18-24-9-8-23(2)27(11-10-26-20-25(44)21-33(46)52-26)34(24)31(19-22)53-39(50)41-15-5-17-51-16-4-14-40-29-7-3-6-28-35(29)38(49)43(37(28)48)30-12-13-32(45)42-36(30)47/h3,6-9,18,22-23,25-27,30-31,34,40,44H,4-5,10-17,19-21H2,1-2H3,(H,41,50)(H,42,45,47)/t22-,23-,25+,26+,27?,30?,31-,34-/m0/s1. The molecule has 14 nitrogen and oxygen atoms in total. The van der Waals surface area contributed by atoms with E-state index < -0.39 is 41.9 Å². The lowest BCUT2D eigenvalue weighted by molar-refractivity contribution is -0.160. The average Bonchev–Trinajstić information content (AvgIpc) is 3.36. The molecule has 4 N–H and O–H groups in total. The molecule has 3 aliphatic heterocycles. The van der Waals surface area contributed by atoms with Crippen LogP contribution in [0, 0.1) is 23.7 Å². The summed E-state index contributed by atoms with van der Waals surface area (Å²) < 4.78 is 17.3. The van der Waals surface area contributed by atoms with Gasteiger partial charge in [-0.15, -0.1) is 0 Å². The van der Waals surface area contributed by atoms with E-state index >= 15 is 0 Å². The van der Waals surface area contributed by atoms with Crippen molar-refractivity contribution in [3.63, 3.8) is 0 Å². The first kappa shape index (κ1) is 38.2. The second-order valence-electron chi connectivity index (χ2n) is 14.9. The molecule has 2 fully saturated rings. The number of benzene rings is 1. The summed E-state index contributed by atoms with van der Waals surface area (Å²) in [7, 11) is 0. The van der Waals surface area contributed by atoms with Crippen molar-refractivity contribution >= 4 is 41.4 Å². The van der Waals surface area contributed by atoms with E-state index in [4.69, 9.17) is 14.2 Å². The van der Waals surface area contributed by atoms with Gasteiger partial charge < -0.3 is 30.0 Å². The van der Waals surface area contributed by atoms with Gasteiger partial charge in [0.2, 0.25) is 11.8 Å². The van der Waals surface area contributed by atoms with Crippen LogP contribution in [0.5, 0.6) is 0 Å². The van der Waals surface area contributed by atoms with Crippen LogP contribution < -0.4 is 16.0 Å². The number of imide groups is 2. The number of nitrogens with zero attached hydrogens (tertiary/aromatic N) is 1. The predicted molar refractivity (Wildman–Crippen MR) is 191 cm³/mol. The molecule has 5 aliphatic rings. The van der Waals surface area contributed by atoms with Crippen LogP contribution in [0.1, 0.15) is 92.4 Å². The highest BCUT2D eigenvalue weighted by Crippen LogP contribution is 2.45. The first-order valence-corrected chi connectivity index (χ1v) is 18.9. The molecular formula is C39H50N4O10. The molecule has 0 aromatic heterocycles. The van der Waals surface area contributed by atoms with Crippen molar-refractivity contribution in [1.29, 1.82) is 0 Å². The number of carbonyl (C=O) groups is 6. The molecule has 14 heteroatoms. The molecule has 5 amide bonds. The summed E-state index contributed by atoms with van der Waals surface area (Å²) in [5.74, 6) is -1.78. The van der Waals surface area contributed by atoms with Crippen LogP contribution in [0.15, 0.2) is 42.0 Å². The largest absolute Gasteiger partial charge is 0.462 e. The lowest BCUT2D eigenvalue weighted by atomic mass is 9.65. The lowest BCUT2D eigenvalue weighted by Crippen LogP contribution is -2.54. The normalized spacial score (nSPS) is 29.5. The molecule has 53 heavy (non-hydrogen) atoms. The topological polar surface area (TPSA) is 190 Å². The highest BCUT2D eigenvalue weighted by atomic mass is 16.6. The summed E-state index contributed by atoms with van der Waals surface area (Å²) in [6, 6.07) is 3.92. The van der Waals surface area contributed by atoms with Crippen LogP contribution in [0.2, 0.25) is 0 Å². The third-order valence-electron chi connectivity index (χ3n) is 10.9. The third kappa shape index (κ3) is 8.98. The summed E-state index contributed by atoms with van der Waals surface area (Å²) in [5.41, 5.74) is 2.11. The fourth-order valence-electron chi connectivity index (χ4n) is 8.34. The van der Waals surface area contributed by atoms with Gasteiger partial charge in [0.25, 0.3) is 11.8 Å². The van der Waals surface area contributed by atoms with Crippen LogP contribution in [0.3, 0.4) is 0 Å². The van der Waals surface area contributed by atoms with Crippen molar-refractivity contribution in [3.8, 4) is 0 Å². The summed E-state index contributed by atoms with van der Waals surface area (Å²) in [5, 5.41) is 18.3. The first-order valence-electron chi connectivity index (χ1n) is 18.9. The van der Waals surface area contributed by atoms with Gasteiger partial charge in [-0.25, -0.2) is 4.79 Å². The summed E-state index contributed by atoms with van der Waals surface area (Å²) in [6.45, 7) is 6.01. The summed E-state index contributed by atoms with van der Waals surface area (Å²) in [4.78, 5) is 76.0. The maximum absolute atomic E-state index is 13.3. The molecule has 0 spiro atoms. The zero-order valence-electron chi connectivity index (χ0n) is 30.3. The van der Waals surface area contributed by atoms with E-state index in [9.17, 15) is 33.9 Å². The minimum Gasteiger partial charge on any atom is -0.462 e. The van der Waals surface area contributed by atoms with E-state index in [2.05, 4.69) is 48.0 Å². The van der Waals surface area contributed by atoms with Crippen molar-refractivity contribution in [2.45, 2.75) is 96.0 Å². The van der Waals surface area contributed by atoms with Gasteiger partial charge in [0.1, 0.15) is 18.2 Å². The van der Waals surface area contributed by atoms with E-state index in [0.717, 1.165) is 17.7 Å². The Morgan fingerprint density at radius 2 is 1.83 bits per heavy atom. The van der Waals surface area contributed by atoms with E-state index in [1.165, 1.54) is 5.57 Å². The Kier molecular flexibility index (Phi) is 12.3. The zero-order chi connectivity index (χ0) is 37.6. The molecule has 0 bridgehead atoms. The minimum atomic E-state index is -1.02. The number of nitrogens with one attached hydrogen (secondary N) is 3. The molecule has 2 saturated heterocycles. The van der Waals surface area contributed by atoms with Gasteiger partial charge in [0, 0.05) is 50.8 Å². The van der Waals surface area contributed by atoms with Crippen molar-refractivity contribution in [1.82, 2.24) is 15.5 Å². The molecule has 3 heterocycles. The number of ether oxygens (including phenoxy) is 3. The van der Waals surface area contributed by atoms with E-state index in [1.807, 2.05) is 0 Å². The molecule has 1 aromatic rings. The highest BCUT2D eigenvalue weighted by Gasteiger charge is 2.46. The van der Waals surface area contributed by atoms with Gasteiger partial charge in [-0.2, -0.15) is 0 Å². The van der Waals surface area contributed by atoms with Crippen molar-refractivity contribution in [2.75, 3.05) is 31.6 Å². The molecular weight excluding hydrogens is 684 g/mol. The number of piperidine rings is 1. The van der Waals surface area contributed by atoms with Gasteiger partial charge in [0.05, 0.1) is 23.7 Å². The van der Waals surface area contributed by atoms with Gasteiger partial charge in [-0.05, 0) is 74.0 Å². The van der Waals surface area contributed by atoms with Crippen LogP contribution in [0.4, 0.5) is 10.5 Å². The highest BCUT2D eigenvalue weighted by molar-refractivity contribution is 6.25. The average molecular weight is 735 g/mol. The quantitative estimate of drug-likeness (QED) is 0.124. The minimum absolute atomic E-state index is 0.0398. The van der Waals surface area contributed by atoms with Crippen LogP contribution in [-0.4, -0.2) is 96.4 Å². The summed E-state index contributed by atoms with van der Waals surface area (Å²) in [6.07, 6.45) is 8.92. The Morgan fingerprint density at radius 1 is 1.04 bits per heavy atom. The number of anilines is 1. The fraction of sp³-hybridized carbons (Fsp3) is 0.590. The molecule has 1 aromatic carbocycles. The molecule has 0 saturated carbocycles. The number of cyclic esters (lactones) is 1. The number of aliphatic hydroxyl groups is 1. The number of esters is 1. The Labute approximate surface area is 309 Å². The molecule has 286 valence electrons. The monoisotopic (exact) mass is 734 g/mol. The van der Waals surface area contributed by atoms with E-state index in [1.54, 1.807) is 18.2 Å². The number of hydrogen-bond acceptors (Lipinski definition) is 11. The zero-order valence-corrected chi connectivity index (χ0v) is 30.3. The predicted octanol–water partition coefficient (Wildman–Crippen LogP) is 3.64. The number of hydrogen-bond donors (Lipinski definition) is 4. The number of aliphatic hydroxyl groups excluding tert-OH is 1. The Hall–Kier alpha value is -4.56. The van der Waals surface area contributed by atoms with Crippen LogP contribution in [0.25, 0.3) is 0 Å². The summed E-state index contributed by atoms with van der Waals surface area (Å²) >= 11 is 0. The Bertz CT molecular complexity index is 1660. The van der Waals surface area contributed by atoms with Crippen LogP contribution >= 0.6 is 0 Å². The molecule has 2 aliphatic carbocycles. The number of rotatable bonds is 14. The van der Waals surface area contributed by atoms with Crippen LogP contribution in [-0.2, 0) is 28.6 Å². The Balaban J connectivity index is 0.900. The number of alkyl carbamates (subject to hydrolysis) is 1. The van der Waals surface area contributed by atoms with E-state index in [-0.39, 0.29) is 72.2 Å². The van der Waals surface area contributed by atoms with Crippen molar-refractivity contribution < 1.29 is 48.1 Å². The fourth-order valence-corrected chi connectivity index (χ4v) is 8.34. The number of fused-ring (bicyclic) bond motifs is 2. The maximum Gasteiger partial charge on any atom is 0.407 e. The second-order valence-corrected chi connectivity index (χ2v) is 14.9. The number of carbonyl (C=O) groups excluding carboxylic acids is 6. The molecule has 8 atom stereocenters. The van der Waals surface area contributed by atoms with Gasteiger partial charge >= 0.3 is 12.1 Å². The number of amides is 5. The first-order chi connectivity index (χ1) is 25.5. The smallest absolute Gasteiger partial charge is 0.407 e. The second kappa shape index (κ2) is 17.1. The van der Waals surface area contributed by atoms with Gasteiger partial charge in [-0.3, -0.25) is 34.2 Å². The van der Waals surface area contributed by atoms with E-state index in [0.29, 0.717) is 57.7 Å². The molecule has 6 rings (SSSR count). The van der Waals surface area contributed by atoms with Gasteiger partial charge in [-0.1, -0.05) is 38.1 Å². The maximum atomic E-state index is 13.3. The number of allylic oxidation sites excluding steroid dienone is 3. The van der Waals surface area contributed by atoms with Crippen molar-refractivity contribution in [3.05, 3.63) is 53.1 Å². The molecule has 2 unspecified atom stereocenters. The van der Waals surface area contributed by atoms with Gasteiger partial charge in [0.15, 0.2) is 0 Å². The van der Waals surface area contributed by atoms with Crippen molar-refractivity contribution in [2.24, 2.45) is 23.7 Å². The lowest BCUT2D eigenvalue weighted by Gasteiger charge is -2.43. The molecule has 0 radical (unpaired) electrons.